The van der Waals surface area contributed by atoms with Gasteiger partial charge in [0.25, 0.3) is 5.91 Å². The molecule has 1 aliphatic carbocycles. The lowest BCUT2D eigenvalue weighted by Gasteiger charge is -2.42. The highest BCUT2D eigenvalue weighted by atomic mass is 16.7. The molecule has 2 aromatic carbocycles. The molecule has 2 atom stereocenters. The first-order chi connectivity index (χ1) is 13.7. The van der Waals surface area contributed by atoms with E-state index in [-0.39, 0.29) is 11.8 Å². The molecule has 1 fully saturated rings. The molecule has 4 rings (SSSR count). The van der Waals surface area contributed by atoms with Crippen LogP contribution < -0.4 is 0 Å². The van der Waals surface area contributed by atoms with E-state index in [0.29, 0.717) is 19.6 Å². The second kappa shape index (κ2) is 6.88. The van der Waals surface area contributed by atoms with Crippen molar-refractivity contribution in [1.29, 1.82) is 0 Å². The van der Waals surface area contributed by atoms with Gasteiger partial charge in [-0.2, -0.15) is 0 Å². The first kappa shape index (κ1) is 19.5. The zero-order valence-corrected chi connectivity index (χ0v) is 17.0. The summed E-state index contributed by atoms with van der Waals surface area (Å²) in [6.45, 7) is 6.08. The van der Waals surface area contributed by atoms with E-state index in [2.05, 4.69) is 0 Å². The normalized spacial score (nSPS) is 23.3. The Hall–Kier alpha value is -2.86. The molecule has 1 N–H and O–H groups in total. The van der Waals surface area contributed by atoms with E-state index >= 15 is 0 Å². The molecule has 6 heteroatoms. The van der Waals surface area contributed by atoms with Crippen molar-refractivity contribution in [3.63, 3.8) is 0 Å². The molecule has 152 valence electrons. The average molecular weight is 394 g/mol. The summed E-state index contributed by atoms with van der Waals surface area (Å²) < 4.78 is 0. The summed E-state index contributed by atoms with van der Waals surface area (Å²) in [5, 5.41) is 11.4. The molecular weight excluding hydrogens is 368 g/mol. The summed E-state index contributed by atoms with van der Waals surface area (Å²) in [5.41, 5.74) is 1.13. The number of amides is 2. The summed E-state index contributed by atoms with van der Waals surface area (Å²) in [5.74, 6) is -0.495. The molecule has 0 unspecified atom stereocenters. The van der Waals surface area contributed by atoms with E-state index in [4.69, 9.17) is 4.84 Å². The molecule has 0 spiro atoms. The predicted octanol–water partition coefficient (Wildman–Crippen LogP) is 4.17. The molecule has 6 nitrogen and oxygen atoms in total. The van der Waals surface area contributed by atoms with E-state index in [0.717, 1.165) is 16.7 Å². The Morgan fingerprint density at radius 2 is 1.69 bits per heavy atom. The molecule has 0 radical (unpaired) electrons. The summed E-state index contributed by atoms with van der Waals surface area (Å²) in [6, 6.07) is 17.5. The maximum Gasteiger partial charge on any atom is 0.408 e. The van der Waals surface area contributed by atoms with Gasteiger partial charge in [0.15, 0.2) is 0 Å². The average Bonchev–Trinajstić information content (AvgIpc) is 3.42. The zero-order chi connectivity index (χ0) is 20.8. The molecule has 2 aliphatic rings. The van der Waals surface area contributed by atoms with Crippen LogP contribution in [0.5, 0.6) is 0 Å². The number of benzene rings is 2. The number of nitrogens with zero attached hydrogens (tertiary/aromatic N) is 2. The summed E-state index contributed by atoms with van der Waals surface area (Å²) in [4.78, 5) is 33.2. The van der Waals surface area contributed by atoms with Crippen molar-refractivity contribution < 1.29 is 19.5 Å². The minimum absolute atomic E-state index is 0.202. The van der Waals surface area contributed by atoms with Gasteiger partial charge in [0.1, 0.15) is 12.1 Å². The number of carbonyl (C=O) groups excluding carboxylic acids is 1. The summed E-state index contributed by atoms with van der Waals surface area (Å²) in [6.07, 6.45) is -0.650. The first-order valence-corrected chi connectivity index (χ1v) is 9.85. The Morgan fingerprint density at radius 1 is 1.07 bits per heavy atom. The third-order valence-corrected chi connectivity index (χ3v) is 5.80. The van der Waals surface area contributed by atoms with Gasteiger partial charge in [-0.1, -0.05) is 54.6 Å². The van der Waals surface area contributed by atoms with Crippen LogP contribution in [0.2, 0.25) is 0 Å². The van der Waals surface area contributed by atoms with Crippen molar-refractivity contribution in [1.82, 2.24) is 9.96 Å². The molecule has 1 heterocycles. The van der Waals surface area contributed by atoms with Crippen LogP contribution in [0.4, 0.5) is 4.79 Å². The lowest BCUT2D eigenvalue weighted by molar-refractivity contribution is -0.208. The topological polar surface area (TPSA) is 70.1 Å². The molecule has 2 aromatic rings. The fraction of sp³-hybridized carbons (Fsp3) is 0.391. The lowest BCUT2D eigenvalue weighted by atomic mass is 9.97. The molecule has 0 bridgehead atoms. The Balaban J connectivity index is 1.72. The van der Waals surface area contributed by atoms with E-state index in [1.807, 2.05) is 75.4 Å². The number of hydrogen-bond donors (Lipinski definition) is 1. The van der Waals surface area contributed by atoms with Crippen LogP contribution in [-0.2, 0) is 22.8 Å². The van der Waals surface area contributed by atoms with Crippen LogP contribution in [0.3, 0.4) is 0 Å². The van der Waals surface area contributed by atoms with Gasteiger partial charge < -0.3 is 5.11 Å². The van der Waals surface area contributed by atoms with E-state index < -0.39 is 17.2 Å². The van der Waals surface area contributed by atoms with Crippen LogP contribution in [0.25, 0.3) is 0 Å². The molecule has 2 amide bonds. The van der Waals surface area contributed by atoms with Gasteiger partial charge in [0.05, 0.1) is 6.54 Å². The monoisotopic (exact) mass is 394 g/mol. The standard InChI is InChI=1S/C23H26N2O4/c1-22(2,3)25(21(27)28)23(13-19(23)16-9-5-4-6-10-16)20(26)24-14-17-11-7-8-12-18(17)15-29-24/h4-12,19H,13-15H2,1-3H3,(H,27,28)/t19-,23-/m0/s1. The Morgan fingerprint density at radius 3 is 2.31 bits per heavy atom. The van der Waals surface area contributed by atoms with Crippen LogP contribution in [-0.4, -0.2) is 38.1 Å². The second-order valence-electron chi connectivity index (χ2n) is 8.76. The smallest absolute Gasteiger partial charge is 0.408 e. The van der Waals surface area contributed by atoms with Crippen LogP contribution in [0.15, 0.2) is 54.6 Å². The highest BCUT2D eigenvalue weighted by molar-refractivity contribution is 5.94. The van der Waals surface area contributed by atoms with Gasteiger partial charge in [0, 0.05) is 11.5 Å². The van der Waals surface area contributed by atoms with Crippen LogP contribution in [0.1, 0.15) is 49.8 Å². The van der Waals surface area contributed by atoms with Gasteiger partial charge in [-0.3, -0.25) is 14.5 Å². The minimum atomic E-state index is -1.17. The highest BCUT2D eigenvalue weighted by Gasteiger charge is 2.69. The summed E-state index contributed by atoms with van der Waals surface area (Å²) >= 11 is 0. The number of rotatable bonds is 3. The van der Waals surface area contributed by atoms with E-state index in [1.165, 1.54) is 9.96 Å². The molecule has 1 saturated carbocycles. The molecule has 0 aromatic heterocycles. The zero-order valence-electron chi connectivity index (χ0n) is 17.0. The molecular formula is C23H26N2O4. The summed E-state index contributed by atoms with van der Waals surface area (Å²) in [7, 11) is 0. The number of hydrogen-bond acceptors (Lipinski definition) is 3. The van der Waals surface area contributed by atoms with Crippen molar-refractivity contribution in [3.05, 3.63) is 71.3 Å². The highest BCUT2D eigenvalue weighted by Crippen LogP contribution is 2.58. The van der Waals surface area contributed by atoms with Crippen molar-refractivity contribution in [2.75, 3.05) is 0 Å². The molecule has 1 aliphatic heterocycles. The van der Waals surface area contributed by atoms with Crippen molar-refractivity contribution in [2.45, 2.75) is 57.3 Å². The van der Waals surface area contributed by atoms with Gasteiger partial charge in [-0.05, 0) is 43.9 Å². The van der Waals surface area contributed by atoms with Crippen LogP contribution in [0, 0.1) is 0 Å². The maximum atomic E-state index is 13.8. The molecule has 29 heavy (non-hydrogen) atoms. The third kappa shape index (κ3) is 3.27. The fourth-order valence-electron chi connectivity index (χ4n) is 4.51. The number of carbonyl (C=O) groups is 2. The van der Waals surface area contributed by atoms with E-state index in [9.17, 15) is 14.7 Å². The second-order valence-corrected chi connectivity index (χ2v) is 8.76. The predicted molar refractivity (Wildman–Crippen MR) is 108 cm³/mol. The Bertz CT molecular complexity index is 937. The Kier molecular flexibility index (Phi) is 4.62. The van der Waals surface area contributed by atoms with Crippen molar-refractivity contribution >= 4 is 12.0 Å². The van der Waals surface area contributed by atoms with Gasteiger partial charge in [-0.15, -0.1) is 0 Å². The fourth-order valence-corrected chi connectivity index (χ4v) is 4.51. The van der Waals surface area contributed by atoms with Crippen molar-refractivity contribution in [3.8, 4) is 0 Å². The number of hydroxylamine groups is 2. The number of fused-ring (bicyclic) bond motifs is 1. The minimum Gasteiger partial charge on any atom is -0.465 e. The van der Waals surface area contributed by atoms with E-state index in [1.54, 1.807) is 0 Å². The van der Waals surface area contributed by atoms with Gasteiger partial charge in [0.2, 0.25) is 0 Å². The maximum absolute atomic E-state index is 13.8. The van der Waals surface area contributed by atoms with Crippen LogP contribution >= 0.6 is 0 Å². The van der Waals surface area contributed by atoms with Crippen molar-refractivity contribution in [2.24, 2.45) is 0 Å². The van der Waals surface area contributed by atoms with Gasteiger partial charge in [-0.25, -0.2) is 9.86 Å². The quantitative estimate of drug-likeness (QED) is 0.848. The van der Waals surface area contributed by atoms with Gasteiger partial charge >= 0.3 is 6.09 Å². The SMILES string of the molecule is CC(C)(C)N(C(=O)O)[C@@]1(C(=O)N2Cc3ccccc3CO2)C[C@H]1c1ccccc1. The first-order valence-electron chi connectivity index (χ1n) is 9.85. The Labute approximate surface area is 170 Å². The lowest BCUT2D eigenvalue weighted by Crippen LogP contribution is -2.60. The largest absolute Gasteiger partial charge is 0.465 e. The number of carboxylic acid groups (broad SMARTS) is 1. The third-order valence-electron chi connectivity index (χ3n) is 5.80. The molecule has 0 saturated heterocycles.